The summed E-state index contributed by atoms with van der Waals surface area (Å²) in [6.45, 7) is 5.56. The fourth-order valence-electron chi connectivity index (χ4n) is 0.639. The first kappa shape index (κ1) is 11.4. The third-order valence-corrected chi connectivity index (χ3v) is 1.22. The molecule has 0 rings (SSSR count). The van der Waals surface area contributed by atoms with Gasteiger partial charge in [0.2, 0.25) is 0 Å². The summed E-state index contributed by atoms with van der Waals surface area (Å²) in [4.78, 5) is 0. The summed E-state index contributed by atoms with van der Waals surface area (Å²) in [5, 5.41) is 0. The first-order valence-electron chi connectivity index (χ1n) is 4.32. The van der Waals surface area contributed by atoms with Crippen molar-refractivity contribution in [1.29, 1.82) is 0 Å². The molecular formula is C13H16. The van der Waals surface area contributed by atoms with Gasteiger partial charge in [-0.15, -0.1) is 0 Å². The van der Waals surface area contributed by atoms with E-state index in [9.17, 15) is 0 Å². The van der Waals surface area contributed by atoms with Crippen LogP contribution in [0, 0.1) is 0 Å². The lowest BCUT2D eigenvalue weighted by Gasteiger charge is -1.73. The minimum atomic E-state index is 1.75. The van der Waals surface area contributed by atoms with Gasteiger partial charge in [-0.1, -0.05) is 73.4 Å². The number of rotatable bonds is 5. The normalized spacial score (nSPS) is 13.3. The minimum Gasteiger partial charge on any atom is -0.0991 e. The third-order valence-electron chi connectivity index (χ3n) is 1.22. The molecule has 0 amide bonds. The van der Waals surface area contributed by atoms with Crippen molar-refractivity contribution in [2.75, 3.05) is 0 Å². The molecule has 0 heterocycles. The van der Waals surface area contributed by atoms with Gasteiger partial charge in [0.25, 0.3) is 0 Å². The van der Waals surface area contributed by atoms with Gasteiger partial charge in [-0.2, -0.15) is 0 Å². The van der Waals surface area contributed by atoms with Gasteiger partial charge in [0.05, 0.1) is 0 Å². The van der Waals surface area contributed by atoms with E-state index in [4.69, 9.17) is 0 Å². The predicted molar refractivity (Wildman–Crippen MR) is 61.6 cm³/mol. The summed E-state index contributed by atoms with van der Waals surface area (Å²) in [7, 11) is 0. The average molecular weight is 172 g/mol. The monoisotopic (exact) mass is 172 g/mol. The number of hydrogen-bond donors (Lipinski definition) is 0. The standard InChI is InChI=1S/C13H16/c1-3-5-7-9-11-13-12-10-8-6-4-2/h3-13H,1H2,2H3/b6-4+,7-5+,10-8+,11-9+,13-12+. The van der Waals surface area contributed by atoms with Crippen molar-refractivity contribution in [2.45, 2.75) is 6.92 Å². The van der Waals surface area contributed by atoms with Crippen LogP contribution in [0.15, 0.2) is 73.4 Å². The highest BCUT2D eigenvalue weighted by Crippen LogP contribution is 1.83. The Labute approximate surface area is 81.0 Å². The Morgan fingerprint density at radius 2 is 1.00 bits per heavy atom. The maximum atomic E-state index is 3.57. The molecule has 13 heavy (non-hydrogen) atoms. The van der Waals surface area contributed by atoms with Crippen molar-refractivity contribution >= 4 is 0 Å². The van der Waals surface area contributed by atoms with E-state index in [1.807, 2.05) is 67.7 Å². The van der Waals surface area contributed by atoms with E-state index in [0.29, 0.717) is 0 Å². The molecule has 0 fully saturated rings. The second kappa shape index (κ2) is 10.4. The molecular weight excluding hydrogens is 156 g/mol. The molecule has 0 radical (unpaired) electrons. The molecule has 0 aromatic heterocycles. The topological polar surface area (TPSA) is 0 Å². The molecule has 0 aliphatic heterocycles. The van der Waals surface area contributed by atoms with Crippen molar-refractivity contribution in [3.05, 3.63) is 73.4 Å². The summed E-state index contributed by atoms with van der Waals surface area (Å²) in [6.07, 6.45) is 21.4. The van der Waals surface area contributed by atoms with E-state index in [0.717, 1.165) is 0 Å². The smallest absolute Gasteiger partial charge is 0.0467 e. The zero-order valence-electron chi connectivity index (χ0n) is 8.06. The van der Waals surface area contributed by atoms with Crippen LogP contribution < -0.4 is 0 Å². The van der Waals surface area contributed by atoms with Gasteiger partial charge in [0, 0.05) is 0 Å². The summed E-state index contributed by atoms with van der Waals surface area (Å²) >= 11 is 0. The van der Waals surface area contributed by atoms with Crippen molar-refractivity contribution in [3.8, 4) is 0 Å². The van der Waals surface area contributed by atoms with Crippen LogP contribution in [0.5, 0.6) is 0 Å². The van der Waals surface area contributed by atoms with E-state index in [-0.39, 0.29) is 0 Å². The molecule has 0 saturated heterocycles. The first-order chi connectivity index (χ1) is 6.41. The van der Waals surface area contributed by atoms with E-state index in [1.165, 1.54) is 0 Å². The van der Waals surface area contributed by atoms with E-state index < -0.39 is 0 Å². The van der Waals surface area contributed by atoms with Crippen molar-refractivity contribution < 1.29 is 0 Å². The molecule has 0 nitrogen and oxygen atoms in total. The molecule has 0 atom stereocenters. The highest BCUT2D eigenvalue weighted by molar-refractivity contribution is 5.18. The second-order valence-electron chi connectivity index (χ2n) is 2.30. The summed E-state index contributed by atoms with van der Waals surface area (Å²) < 4.78 is 0. The maximum Gasteiger partial charge on any atom is -0.0467 e. The summed E-state index contributed by atoms with van der Waals surface area (Å²) in [5.74, 6) is 0. The van der Waals surface area contributed by atoms with Crippen molar-refractivity contribution in [3.63, 3.8) is 0 Å². The van der Waals surface area contributed by atoms with Gasteiger partial charge in [0.15, 0.2) is 0 Å². The lowest BCUT2D eigenvalue weighted by atomic mass is 10.3. The molecule has 0 N–H and O–H groups in total. The average Bonchev–Trinajstić information content (AvgIpc) is 2.16. The van der Waals surface area contributed by atoms with Crippen LogP contribution >= 0.6 is 0 Å². The Kier molecular flexibility index (Phi) is 9.19. The first-order valence-corrected chi connectivity index (χ1v) is 4.32. The molecule has 0 unspecified atom stereocenters. The molecule has 0 spiro atoms. The fraction of sp³-hybridized carbons (Fsp3) is 0.0769. The van der Waals surface area contributed by atoms with Gasteiger partial charge < -0.3 is 0 Å². The van der Waals surface area contributed by atoms with Gasteiger partial charge >= 0.3 is 0 Å². The lowest BCUT2D eigenvalue weighted by molar-refractivity contribution is 1.73. The number of allylic oxidation sites excluding steroid dienone is 11. The fourth-order valence-corrected chi connectivity index (χ4v) is 0.639. The molecule has 0 aromatic rings. The largest absolute Gasteiger partial charge is 0.0991 e. The Morgan fingerprint density at radius 1 is 0.615 bits per heavy atom. The highest BCUT2D eigenvalue weighted by atomic mass is 13.7. The van der Waals surface area contributed by atoms with Crippen LogP contribution in [0.4, 0.5) is 0 Å². The van der Waals surface area contributed by atoms with E-state index in [1.54, 1.807) is 6.08 Å². The van der Waals surface area contributed by atoms with Gasteiger partial charge in [-0.25, -0.2) is 0 Å². The lowest BCUT2D eigenvalue weighted by Crippen LogP contribution is -1.51. The molecule has 0 aliphatic carbocycles. The minimum absolute atomic E-state index is 1.75. The summed E-state index contributed by atoms with van der Waals surface area (Å²) in [5.41, 5.74) is 0. The maximum absolute atomic E-state index is 3.57. The predicted octanol–water partition coefficient (Wildman–Crippen LogP) is 3.97. The van der Waals surface area contributed by atoms with Crippen LogP contribution in [0.1, 0.15) is 6.92 Å². The Balaban J connectivity index is 3.68. The van der Waals surface area contributed by atoms with Crippen LogP contribution in [-0.2, 0) is 0 Å². The Bertz CT molecular complexity index is 247. The zero-order chi connectivity index (χ0) is 9.78. The molecule has 0 bridgehead atoms. The molecule has 0 aliphatic rings. The molecule has 0 heteroatoms. The molecule has 68 valence electrons. The summed E-state index contributed by atoms with van der Waals surface area (Å²) in [6, 6.07) is 0. The van der Waals surface area contributed by atoms with Gasteiger partial charge in [-0.3, -0.25) is 0 Å². The molecule has 0 saturated carbocycles. The molecule has 0 aromatic carbocycles. The SMILES string of the molecule is C=C/C=C/C=C/C=C/C=C/C=C/C. The van der Waals surface area contributed by atoms with Gasteiger partial charge in [-0.05, 0) is 6.92 Å². The Hall–Kier alpha value is -1.56. The van der Waals surface area contributed by atoms with Crippen molar-refractivity contribution in [1.82, 2.24) is 0 Å². The van der Waals surface area contributed by atoms with Crippen molar-refractivity contribution in [2.24, 2.45) is 0 Å². The Morgan fingerprint density at radius 3 is 1.38 bits per heavy atom. The second-order valence-corrected chi connectivity index (χ2v) is 2.30. The van der Waals surface area contributed by atoms with Gasteiger partial charge in [0.1, 0.15) is 0 Å². The van der Waals surface area contributed by atoms with E-state index >= 15 is 0 Å². The van der Waals surface area contributed by atoms with E-state index in [2.05, 4.69) is 6.58 Å². The number of hydrogen-bond acceptors (Lipinski definition) is 0. The third kappa shape index (κ3) is 10.4. The van der Waals surface area contributed by atoms with Crippen LogP contribution in [0.3, 0.4) is 0 Å². The zero-order valence-corrected chi connectivity index (χ0v) is 8.06. The quantitative estimate of drug-likeness (QED) is 0.550. The highest BCUT2D eigenvalue weighted by Gasteiger charge is 1.61. The van der Waals surface area contributed by atoms with Crippen LogP contribution in [0.25, 0.3) is 0 Å². The van der Waals surface area contributed by atoms with Crippen LogP contribution in [-0.4, -0.2) is 0 Å². The van der Waals surface area contributed by atoms with Crippen LogP contribution in [0.2, 0.25) is 0 Å².